The maximum atomic E-state index is 12.6. The highest BCUT2D eigenvalue weighted by Crippen LogP contribution is 2.03. The van der Waals surface area contributed by atoms with E-state index in [0.29, 0.717) is 11.4 Å². The second kappa shape index (κ2) is 9.62. The molecule has 0 aliphatic rings. The number of aromatic amines is 2. The first-order chi connectivity index (χ1) is 13.3. The standard InChI is InChI=1S/C16H23N7O5/c1-8(24)13(16(27)28)23-15(26)12(3-10-5-19-7-21-10)22-14(25)11(17)2-9-4-18-6-20-9/h4-8,11-13,24H,2-3,17H2,1H3,(H,18,20)(H,19,21)(H,22,25)(H,23,26)(H,27,28). The Labute approximate surface area is 160 Å². The smallest absolute Gasteiger partial charge is 0.328 e. The molecule has 0 aliphatic heterocycles. The van der Waals surface area contributed by atoms with Gasteiger partial charge in [0.1, 0.15) is 6.04 Å². The number of nitrogens with one attached hydrogen (secondary N) is 4. The topological polar surface area (TPSA) is 199 Å². The summed E-state index contributed by atoms with van der Waals surface area (Å²) in [4.78, 5) is 49.5. The molecule has 0 fully saturated rings. The van der Waals surface area contributed by atoms with Crippen LogP contribution in [0.1, 0.15) is 18.3 Å². The van der Waals surface area contributed by atoms with Crippen LogP contribution in [-0.2, 0) is 27.2 Å². The fourth-order valence-corrected chi connectivity index (χ4v) is 2.47. The Morgan fingerprint density at radius 1 is 1.07 bits per heavy atom. The largest absolute Gasteiger partial charge is 0.480 e. The lowest BCUT2D eigenvalue weighted by Crippen LogP contribution is -2.57. The van der Waals surface area contributed by atoms with Gasteiger partial charge in [0.25, 0.3) is 0 Å². The summed E-state index contributed by atoms with van der Waals surface area (Å²) in [6.45, 7) is 1.24. The van der Waals surface area contributed by atoms with Crippen molar-refractivity contribution in [3.8, 4) is 0 Å². The third-order valence-corrected chi connectivity index (χ3v) is 3.99. The van der Waals surface area contributed by atoms with Crippen molar-refractivity contribution in [2.75, 3.05) is 0 Å². The zero-order chi connectivity index (χ0) is 20.7. The molecule has 4 atom stereocenters. The number of H-pyrrole nitrogens is 2. The number of carboxylic acid groups (broad SMARTS) is 1. The summed E-state index contributed by atoms with van der Waals surface area (Å²) >= 11 is 0. The van der Waals surface area contributed by atoms with E-state index in [1.165, 1.54) is 32.0 Å². The van der Waals surface area contributed by atoms with Gasteiger partial charge in [-0.05, 0) is 6.92 Å². The molecular formula is C16H23N7O5. The summed E-state index contributed by atoms with van der Waals surface area (Å²) < 4.78 is 0. The molecule has 2 rings (SSSR count). The van der Waals surface area contributed by atoms with Gasteiger partial charge in [-0.2, -0.15) is 0 Å². The molecule has 12 heteroatoms. The van der Waals surface area contributed by atoms with E-state index in [2.05, 4.69) is 30.6 Å². The van der Waals surface area contributed by atoms with Crippen molar-refractivity contribution < 1.29 is 24.6 Å². The van der Waals surface area contributed by atoms with Crippen LogP contribution in [0.15, 0.2) is 25.0 Å². The maximum Gasteiger partial charge on any atom is 0.328 e. The summed E-state index contributed by atoms with van der Waals surface area (Å²) in [6.07, 6.45) is 4.74. The third-order valence-electron chi connectivity index (χ3n) is 3.99. The number of carboxylic acids is 1. The molecule has 8 N–H and O–H groups in total. The predicted molar refractivity (Wildman–Crippen MR) is 95.7 cm³/mol. The highest BCUT2D eigenvalue weighted by atomic mass is 16.4. The Bertz CT molecular complexity index is 775. The molecular weight excluding hydrogens is 370 g/mol. The Morgan fingerprint density at radius 2 is 1.64 bits per heavy atom. The average Bonchev–Trinajstić information content (AvgIpc) is 3.32. The molecule has 0 aliphatic carbocycles. The summed E-state index contributed by atoms with van der Waals surface area (Å²) in [5, 5.41) is 23.4. The number of nitrogens with zero attached hydrogens (tertiary/aromatic N) is 2. The minimum absolute atomic E-state index is 0.0283. The molecule has 0 spiro atoms. The number of carbonyl (C=O) groups is 3. The average molecular weight is 393 g/mol. The fourth-order valence-electron chi connectivity index (χ4n) is 2.47. The van der Waals surface area contributed by atoms with Gasteiger partial charge in [-0.15, -0.1) is 0 Å². The van der Waals surface area contributed by atoms with Gasteiger partial charge in [0.15, 0.2) is 6.04 Å². The lowest BCUT2D eigenvalue weighted by atomic mass is 10.1. The van der Waals surface area contributed by atoms with Crippen molar-refractivity contribution in [2.24, 2.45) is 5.73 Å². The number of aliphatic hydroxyl groups excluding tert-OH is 1. The van der Waals surface area contributed by atoms with Gasteiger partial charge < -0.3 is 36.5 Å². The van der Waals surface area contributed by atoms with Crippen molar-refractivity contribution in [3.05, 3.63) is 36.4 Å². The molecule has 2 aromatic rings. The van der Waals surface area contributed by atoms with Gasteiger partial charge in [-0.3, -0.25) is 9.59 Å². The number of aliphatic hydroxyl groups is 1. The Kier molecular flexibility index (Phi) is 7.23. The molecule has 2 amide bonds. The number of aromatic nitrogens is 4. The minimum Gasteiger partial charge on any atom is -0.480 e. The Morgan fingerprint density at radius 3 is 2.11 bits per heavy atom. The van der Waals surface area contributed by atoms with Gasteiger partial charge in [0.05, 0.1) is 24.8 Å². The summed E-state index contributed by atoms with van der Waals surface area (Å²) in [6, 6.07) is -3.60. The van der Waals surface area contributed by atoms with Crippen molar-refractivity contribution in [1.82, 2.24) is 30.6 Å². The SMILES string of the molecule is CC(O)C(NC(=O)C(Cc1cnc[nH]1)NC(=O)C(N)Cc1cnc[nH]1)C(=O)O. The zero-order valence-electron chi connectivity index (χ0n) is 15.1. The number of hydrogen-bond acceptors (Lipinski definition) is 7. The molecule has 2 heterocycles. The van der Waals surface area contributed by atoms with Gasteiger partial charge >= 0.3 is 5.97 Å². The monoisotopic (exact) mass is 393 g/mol. The molecule has 0 radical (unpaired) electrons. The highest BCUT2D eigenvalue weighted by Gasteiger charge is 2.30. The molecule has 4 unspecified atom stereocenters. The van der Waals surface area contributed by atoms with E-state index in [4.69, 9.17) is 10.8 Å². The fraction of sp³-hybridized carbons (Fsp3) is 0.438. The Balaban J connectivity index is 2.08. The molecule has 0 saturated heterocycles. The lowest BCUT2D eigenvalue weighted by Gasteiger charge is -2.23. The van der Waals surface area contributed by atoms with Gasteiger partial charge in [0, 0.05) is 36.6 Å². The van der Waals surface area contributed by atoms with Crippen LogP contribution in [0.3, 0.4) is 0 Å². The van der Waals surface area contributed by atoms with Crippen molar-refractivity contribution in [1.29, 1.82) is 0 Å². The zero-order valence-corrected chi connectivity index (χ0v) is 15.1. The maximum absolute atomic E-state index is 12.6. The number of carbonyl (C=O) groups excluding carboxylic acids is 2. The number of hydrogen-bond donors (Lipinski definition) is 7. The van der Waals surface area contributed by atoms with Crippen LogP contribution in [0.25, 0.3) is 0 Å². The minimum atomic E-state index is -1.52. The Hall–Kier alpha value is -3.25. The molecule has 152 valence electrons. The van der Waals surface area contributed by atoms with Gasteiger partial charge in [0.2, 0.25) is 11.8 Å². The number of amides is 2. The molecule has 0 aromatic carbocycles. The van der Waals surface area contributed by atoms with Gasteiger partial charge in [-0.1, -0.05) is 0 Å². The van der Waals surface area contributed by atoms with Crippen LogP contribution in [0, 0.1) is 0 Å². The molecule has 28 heavy (non-hydrogen) atoms. The second-order valence-corrected chi connectivity index (χ2v) is 6.29. The number of rotatable bonds is 10. The van der Waals surface area contributed by atoms with E-state index < -0.39 is 42.0 Å². The number of aliphatic carboxylic acids is 1. The highest BCUT2D eigenvalue weighted by molar-refractivity contribution is 5.92. The van der Waals surface area contributed by atoms with Crippen LogP contribution in [0.5, 0.6) is 0 Å². The first-order valence-corrected chi connectivity index (χ1v) is 8.49. The number of nitrogens with two attached hydrogens (primary N) is 1. The molecule has 2 aromatic heterocycles. The first-order valence-electron chi connectivity index (χ1n) is 8.49. The van der Waals surface area contributed by atoms with E-state index in [9.17, 15) is 19.5 Å². The molecule has 0 bridgehead atoms. The van der Waals surface area contributed by atoms with Crippen molar-refractivity contribution >= 4 is 17.8 Å². The predicted octanol–water partition coefficient (Wildman–Crippen LogP) is -2.32. The van der Waals surface area contributed by atoms with E-state index >= 15 is 0 Å². The van der Waals surface area contributed by atoms with Crippen LogP contribution in [0.2, 0.25) is 0 Å². The normalized spacial score (nSPS) is 15.2. The third kappa shape index (κ3) is 5.89. The van der Waals surface area contributed by atoms with E-state index in [0.717, 1.165) is 0 Å². The summed E-state index contributed by atoms with van der Waals surface area (Å²) in [5.41, 5.74) is 7.08. The van der Waals surface area contributed by atoms with E-state index in [1.54, 1.807) is 0 Å². The van der Waals surface area contributed by atoms with E-state index in [1.807, 2.05) is 0 Å². The number of imidazole rings is 2. The first kappa shape index (κ1) is 21.1. The summed E-state index contributed by atoms with van der Waals surface area (Å²) in [7, 11) is 0. The van der Waals surface area contributed by atoms with Crippen LogP contribution in [-0.4, -0.2) is 72.2 Å². The van der Waals surface area contributed by atoms with Crippen molar-refractivity contribution in [3.63, 3.8) is 0 Å². The lowest BCUT2D eigenvalue weighted by molar-refractivity contribution is -0.145. The second-order valence-electron chi connectivity index (χ2n) is 6.29. The van der Waals surface area contributed by atoms with E-state index in [-0.39, 0.29) is 12.8 Å². The molecule has 0 saturated carbocycles. The van der Waals surface area contributed by atoms with Gasteiger partial charge in [-0.25, -0.2) is 14.8 Å². The van der Waals surface area contributed by atoms with Crippen molar-refractivity contribution in [2.45, 2.75) is 44.0 Å². The summed E-state index contributed by atoms with van der Waals surface area (Å²) in [5.74, 6) is -2.77. The van der Waals surface area contributed by atoms with Crippen LogP contribution >= 0.6 is 0 Å². The quantitative estimate of drug-likeness (QED) is 0.233. The molecule has 12 nitrogen and oxygen atoms in total. The van der Waals surface area contributed by atoms with Crippen LogP contribution in [0.4, 0.5) is 0 Å². The van der Waals surface area contributed by atoms with Crippen LogP contribution < -0.4 is 16.4 Å².